The lowest BCUT2D eigenvalue weighted by molar-refractivity contribution is -0.139. The first-order chi connectivity index (χ1) is 8.17. The molecule has 0 bridgehead atoms. The van der Waals surface area contributed by atoms with Crippen LogP contribution >= 0.6 is 15.9 Å². The van der Waals surface area contributed by atoms with Crippen LogP contribution in [0.3, 0.4) is 0 Å². The second kappa shape index (κ2) is 6.41. The second-order valence-corrected chi connectivity index (χ2v) is 4.14. The SMILES string of the molecule is CCc1c(C#N)ccc(CBr)c1CC(=O)OC. The molecule has 0 aromatic heterocycles. The lowest BCUT2D eigenvalue weighted by Gasteiger charge is -2.13. The summed E-state index contributed by atoms with van der Waals surface area (Å²) in [6, 6.07) is 5.84. The Labute approximate surface area is 110 Å². The number of hydrogen-bond acceptors (Lipinski definition) is 3. The van der Waals surface area contributed by atoms with E-state index in [0.717, 1.165) is 23.1 Å². The van der Waals surface area contributed by atoms with Crippen LogP contribution in [0.4, 0.5) is 0 Å². The van der Waals surface area contributed by atoms with Crippen molar-refractivity contribution in [2.45, 2.75) is 25.1 Å². The number of halogens is 1. The highest BCUT2D eigenvalue weighted by molar-refractivity contribution is 9.08. The molecule has 17 heavy (non-hydrogen) atoms. The monoisotopic (exact) mass is 295 g/mol. The third-order valence-electron chi connectivity index (χ3n) is 2.69. The molecular formula is C13H14BrNO2. The van der Waals surface area contributed by atoms with Crippen LogP contribution in [0, 0.1) is 11.3 Å². The first-order valence-corrected chi connectivity index (χ1v) is 6.46. The number of carbonyl (C=O) groups is 1. The number of rotatable bonds is 4. The van der Waals surface area contributed by atoms with Gasteiger partial charge in [-0.15, -0.1) is 0 Å². The van der Waals surface area contributed by atoms with Gasteiger partial charge in [0.2, 0.25) is 0 Å². The molecule has 0 saturated carbocycles. The number of benzene rings is 1. The van der Waals surface area contributed by atoms with Gasteiger partial charge < -0.3 is 4.74 Å². The summed E-state index contributed by atoms with van der Waals surface area (Å²) in [5.74, 6) is -0.281. The fourth-order valence-corrected chi connectivity index (χ4v) is 2.34. The summed E-state index contributed by atoms with van der Waals surface area (Å²) in [6.07, 6.45) is 0.951. The summed E-state index contributed by atoms with van der Waals surface area (Å²) in [5, 5.41) is 9.72. The summed E-state index contributed by atoms with van der Waals surface area (Å²) in [4.78, 5) is 11.4. The van der Waals surface area contributed by atoms with Crippen molar-refractivity contribution in [1.82, 2.24) is 0 Å². The van der Waals surface area contributed by atoms with Gasteiger partial charge in [-0.1, -0.05) is 28.9 Å². The zero-order valence-electron chi connectivity index (χ0n) is 9.92. The van der Waals surface area contributed by atoms with Gasteiger partial charge in [-0.3, -0.25) is 4.79 Å². The van der Waals surface area contributed by atoms with E-state index in [1.165, 1.54) is 7.11 Å². The maximum atomic E-state index is 11.4. The quantitative estimate of drug-likeness (QED) is 0.634. The van der Waals surface area contributed by atoms with Crippen molar-refractivity contribution in [3.05, 3.63) is 34.4 Å². The van der Waals surface area contributed by atoms with Gasteiger partial charge in [0.1, 0.15) is 0 Å². The van der Waals surface area contributed by atoms with Gasteiger partial charge in [-0.2, -0.15) is 5.26 Å². The molecule has 90 valence electrons. The minimum Gasteiger partial charge on any atom is -0.469 e. The van der Waals surface area contributed by atoms with E-state index in [9.17, 15) is 4.79 Å². The molecule has 0 fully saturated rings. The summed E-state index contributed by atoms with van der Waals surface area (Å²) in [5.41, 5.74) is 3.52. The molecule has 0 unspecified atom stereocenters. The minimum atomic E-state index is -0.281. The molecule has 0 aliphatic carbocycles. The van der Waals surface area contributed by atoms with Crippen LogP contribution < -0.4 is 0 Å². The molecule has 0 N–H and O–H groups in total. The molecule has 4 heteroatoms. The van der Waals surface area contributed by atoms with Crippen LogP contribution in [0.2, 0.25) is 0 Å². The zero-order valence-corrected chi connectivity index (χ0v) is 11.5. The Bertz CT molecular complexity index is 463. The smallest absolute Gasteiger partial charge is 0.309 e. The number of nitriles is 1. The Morgan fingerprint density at radius 2 is 2.18 bits per heavy atom. The Kier molecular flexibility index (Phi) is 5.17. The van der Waals surface area contributed by atoms with Gasteiger partial charge in [0.05, 0.1) is 25.2 Å². The average molecular weight is 296 g/mol. The number of carbonyl (C=O) groups excluding carboxylic acids is 1. The van der Waals surface area contributed by atoms with Crippen molar-refractivity contribution < 1.29 is 9.53 Å². The molecule has 1 rings (SSSR count). The van der Waals surface area contributed by atoms with E-state index in [2.05, 4.69) is 26.7 Å². The molecule has 0 saturated heterocycles. The molecule has 1 aromatic carbocycles. The van der Waals surface area contributed by atoms with Crippen molar-refractivity contribution in [3.8, 4) is 6.07 Å². The third-order valence-corrected chi connectivity index (χ3v) is 3.30. The van der Waals surface area contributed by atoms with E-state index in [-0.39, 0.29) is 12.4 Å². The first kappa shape index (κ1) is 13.7. The molecule has 0 spiro atoms. The van der Waals surface area contributed by atoms with Crippen molar-refractivity contribution in [2.75, 3.05) is 7.11 Å². The molecule has 1 aromatic rings. The summed E-state index contributed by atoms with van der Waals surface area (Å²) in [6.45, 7) is 1.98. The van der Waals surface area contributed by atoms with E-state index in [1.54, 1.807) is 6.07 Å². The van der Waals surface area contributed by atoms with Gasteiger partial charge in [-0.25, -0.2) is 0 Å². The Balaban J connectivity index is 3.30. The summed E-state index contributed by atoms with van der Waals surface area (Å²) in [7, 11) is 1.37. The van der Waals surface area contributed by atoms with Crippen LogP contribution in [-0.2, 0) is 27.7 Å². The van der Waals surface area contributed by atoms with Crippen LogP contribution in [0.15, 0.2) is 12.1 Å². The number of alkyl halides is 1. The Morgan fingerprint density at radius 3 is 2.65 bits per heavy atom. The molecule has 3 nitrogen and oxygen atoms in total. The molecule has 0 radical (unpaired) electrons. The number of hydrogen-bond donors (Lipinski definition) is 0. The molecule has 0 heterocycles. The highest BCUT2D eigenvalue weighted by Crippen LogP contribution is 2.23. The first-order valence-electron chi connectivity index (χ1n) is 5.34. The fourth-order valence-electron chi connectivity index (χ4n) is 1.81. The van der Waals surface area contributed by atoms with Crippen LogP contribution in [0.5, 0.6) is 0 Å². The number of esters is 1. The Hall–Kier alpha value is -1.34. The molecule has 0 atom stereocenters. The maximum Gasteiger partial charge on any atom is 0.309 e. The second-order valence-electron chi connectivity index (χ2n) is 3.58. The predicted molar refractivity (Wildman–Crippen MR) is 68.9 cm³/mol. The largest absolute Gasteiger partial charge is 0.469 e. The van der Waals surface area contributed by atoms with E-state index in [0.29, 0.717) is 10.9 Å². The number of ether oxygens (including phenoxy) is 1. The number of methoxy groups -OCH3 is 1. The lowest BCUT2D eigenvalue weighted by Crippen LogP contribution is -2.10. The normalized spacial score (nSPS) is 9.76. The predicted octanol–water partition coefficient (Wildman–Crippen LogP) is 2.73. The summed E-state index contributed by atoms with van der Waals surface area (Å²) >= 11 is 3.39. The third kappa shape index (κ3) is 3.07. The molecule has 0 amide bonds. The number of nitrogens with zero attached hydrogens (tertiary/aromatic N) is 1. The zero-order chi connectivity index (χ0) is 12.8. The van der Waals surface area contributed by atoms with Gasteiger partial charge >= 0.3 is 5.97 Å². The summed E-state index contributed by atoms with van der Waals surface area (Å²) < 4.78 is 4.69. The minimum absolute atomic E-state index is 0.218. The topological polar surface area (TPSA) is 50.1 Å². The highest BCUT2D eigenvalue weighted by atomic mass is 79.9. The molecular weight excluding hydrogens is 282 g/mol. The maximum absolute atomic E-state index is 11.4. The lowest BCUT2D eigenvalue weighted by atomic mass is 9.93. The average Bonchev–Trinajstić information content (AvgIpc) is 2.37. The highest BCUT2D eigenvalue weighted by Gasteiger charge is 2.14. The van der Waals surface area contributed by atoms with Gasteiger partial charge in [0.25, 0.3) is 0 Å². The van der Waals surface area contributed by atoms with Crippen LogP contribution in [0.1, 0.15) is 29.2 Å². The van der Waals surface area contributed by atoms with Crippen LogP contribution in [-0.4, -0.2) is 13.1 Å². The van der Waals surface area contributed by atoms with Gasteiger partial charge in [0.15, 0.2) is 0 Å². The van der Waals surface area contributed by atoms with E-state index >= 15 is 0 Å². The van der Waals surface area contributed by atoms with E-state index in [1.807, 2.05) is 13.0 Å². The van der Waals surface area contributed by atoms with Crippen LogP contribution in [0.25, 0.3) is 0 Å². The molecule has 0 aliphatic heterocycles. The van der Waals surface area contributed by atoms with Crippen molar-refractivity contribution in [1.29, 1.82) is 5.26 Å². The Morgan fingerprint density at radius 1 is 1.47 bits per heavy atom. The van der Waals surface area contributed by atoms with Gasteiger partial charge in [-0.05, 0) is 29.2 Å². The van der Waals surface area contributed by atoms with Crippen molar-refractivity contribution in [3.63, 3.8) is 0 Å². The molecule has 0 aliphatic rings. The van der Waals surface area contributed by atoms with Crippen molar-refractivity contribution in [2.24, 2.45) is 0 Å². The van der Waals surface area contributed by atoms with Gasteiger partial charge in [0, 0.05) is 5.33 Å². The van der Waals surface area contributed by atoms with Crippen molar-refractivity contribution >= 4 is 21.9 Å². The fraction of sp³-hybridized carbons (Fsp3) is 0.385. The van der Waals surface area contributed by atoms with E-state index < -0.39 is 0 Å². The standard InChI is InChI=1S/C13H14BrNO2/c1-3-11-10(8-15)5-4-9(7-14)12(11)6-13(16)17-2/h4-5H,3,6-7H2,1-2H3. The van der Waals surface area contributed by atoms with E-state index in [4.69, 9.17) is 5.26 Å².